The van der Waals surface area contributed by atoms with Gasteiger partial charge in [-0.1, -0.05) is 36.1 Å². The Morgan fingerprint density at radius 3 is 2.66 bits per heavy atom. The van der Waals surface area contributed by atoms with Crippen molar-refractivity contribution in [1.29, 1.82) is 0 Å². The van der Waals surface area contributed by atoms with Crippen LogP contribution in [0.15, 0.2) is 53.1 Å². The number of benzene rings is 2. The molecule has 0 bridgehead atoms. The normalized spacial score (nSPS) is 12.6. The smallest absolute Gasteiger partial charge is 0.355 e. The first kappa shape index (κ1) is 21.0. The van der Waals surface area contributed by atoms with Crippen LogP contribution in [0.25, 0.3) is 22.3 Å². The maximum atomic E-state index is 11.8. The van der Waals surface area contributed by atoms with Crippen molar-refractivity contribution < 1.29 is 24.2 Å². The molecule has 4 rings (SSSR count). The van der Waals surface area contributed by atoms with Crippen LogP contribution in [0.5, 0.6) is 5.75 Å². The topological polar surface area (TPSA) is 119 Å². The third-order valence-electron chi connectivity index (χ3n) is 4.72. The molecule has 1 unspecified atom stereocenters. The standard InChI is InChI=1S/C24H19N3O5/c1-14-13-25-23(32-14)24(2,30)11-10-15-6-4-7-16(12-15)21-26-19-17(20(27-21)22(28)29)8-5-9-18(19)31-3/h4-9,12-13,30H,1-3H3,(H,28,29). The van der Waals surface area contributed by atoms with E-state index in [1.165, 1.54) is 20.2 Å². The third-order valence-corrected chi connectivity index (χ3v) is 4.72. The van der Waals surface area contributed by atoms with Gasteiger partial charge in [0.15, 0.2) is 17.1 Å². The number of ether oxygens (including phenoxy) is 1. The lowest BCUT2D eigenvalue weighted by Crippen LogP contribution is -2.18. The van der Waals surface area contributed by atoms with Crippen molar-refractivity contribution in [3.8, 4) is 29.0 Å². The van der Waals surface area contributed by atoms with Gasteiger partial charge in [-0.15, -0.1) is 0 Å². The van der Waals surface area contributed by atoms with Crippen molar-refractivity contribution in [2.45, 2.75) is 19.4 Å². The van der Waals surface area contributed by atoms with E-state index in [4.69, 9.17) is 9.15 Å². The van der Waals surface area contributed by atoms with Gasteiger partial charge in [0.05, 0.1) is 13.3 Å². The van der Waals surface area contributed by atoms with Crippen LogP contribution >= 0.6 is 0 Å². The second-order valence-corrected chi connectivity index (χ2v) is 7.24. The van der Waals surface area contributed by atoms with E-state index in [9.17, 15) is 15.0 Å². The van der Waals surface area contributed by atoms with Crippen LogP contribution in [0.3, 0.4) is 0 Å². The van der Waals surface area contributed by atoms with E-state index < -0.39 is 11.6 Å². The third kappa shape index (κ3) is 4.02. The number of methoxy groups -OCH3 is 1. The first-order valence-corrected chi connectivity index (χ1v) is 9.65. The number of carboxylic acid groups (broad SMARTS) is 1. The molecule has 0 saturated carbocycles. The Morgan fingerprint density at radius 1 is 1.19 bits per heavy atom. The molecular formula is C24H19N3O5. The molecule has 0 aliphatic heterocycles. The van der Waals surface area contributed by atoms with Crippen LogP contribution in [0, 0.1) is 18.8 Å². The van der Waals surface area contributed by atoms with Crippen LogP contribution < -0.4 is 4.74 Å². The van der Waals surface area contributed by atoms with Crippen molar-refractivity contribution in [2.24, 2.45) is 0 Å². The van der Waals surface area contributed by atoms with Crippen LogP contribution in [0.4, 0.5) is 0 Å². The maximum absolute atomic E-state index is 11.8. The number of aliphatic hydroxyl groups is 1. The van der Waals surface area contributed by atoms with Gasteiger partial charge in [0, 0.05) is 16.5 Å². The van der Waals surface area contributed by atoms with E-state index in [1.54, 1.807) is 49.4 Å². The Hall–Kier alpha value is -4.22. The van der Waals surface area contributed by atoms with Gasteiger partial charge in [-0.05, 0) is 32.0 Å². The van der Waals surface area contributed by atoms with E-state index in [0.717, 1.165) is 0 Å². The molecule has 0 amide bonds. The molecule has 4 aromatic rings. The summed E-state index contributed by atoms with van der Waals surface area (Å²) in [6.07, 6.45) is 1.51. The zero-order valence-corrected chi connectivity index (χ0v) is 17.6. The van der Waals surface area contributed by atoms with E-state index in [0.29, 0.717) is 33.5 Å². The number of aryl methyl sites for hydroxylation is 1. The Labute approximate surface area is 183 Å². The summed E-state index contributed by atoms with van der Waals surface area (Å²) in [4.78, 5) is 24.6. The molecule has 0 aliphatic carbocycles. The van der Waals surface area contributed by atoms with Crippen LogP contribution in [0.1, 0.15) is 34.6 Å². The van der Waals surface area contributed by atoms with Crippen LogP contribution in [-0.2, 0) is 5.60 Å². The summed E-state index contributed by atoms with van der Waals surface area (Å²) in [6, 6.07) is 12.0. The monoisotopic (exact) mass is 429 g/mol. The molecule has 0 saturated heterocycles. The van der Waals surface area contributed by atoms with Gasteiger partial charge in [0.25, 0.3) is 0 Å². The lowest BCUT2D eigenvalue weighted by atomic mass is 10.1. The Kier molecular flexibility index (Phi) is 5.34. The van der Waals surface area contributed by atoms with Crippen molar-refractivity contribution in [3.63, 3.8) is 0 Å². The molecule has 8 heteroatoms. The Morgan fingerprint density at radius 2 is 1.97 bits per heavy atom. The molecule has 2 aromatic carbocycles. The lowest BCUT2D eigenvalue weighted by molar-refractivity contribution is 0.0692. The van der Waals surface area contributed by atoms with E-state index in [2.05, 4.69) is 26.8 Å². The summed E-state index contributed by atoms with van der Waals surface area (Å²) in [5.41, 5.74) is -0.155. The zero-order valence-electron chi connectivity index (χ0n) is 17.6. The largest absolute Gasteiger partial charge is 0.494 e. The minimum atomic E-state index is -1.58. The highest BCUT2D eigenvalue weighted by atomic mass is 16.5. The highest BCUT2D eigenvalue weighted by Crippen LogP contribution is 2.28. The molecule has 0 fully saturated rings. The Bertz CT molecular complexity index is 1400. The highest BCUT2D eigenvalue weighted by molar-refractivity contribution is 6.02. The molecule has 32 heavy (non-hydrogen) atoms. The van der Waals surface area contributed by atoms with Gasteiger partial charge in [-0.25, -0.2) is 19.7 Å². The van der Waals surface area contributed by atoms with E-state index in [1.807, 2.05) is 0 Å². The number of carboxylic acids is 1. The van der Waals surface area contributed by atoms with E-state index in [-0.39, 0.29) is 17.4 Å². The molecule has 2 aromatic heterocycles. The lowest BCUT2D eigenvalue weighted by Gasteiger charge is -2.11. The van der Waals surface area contributed by atoms with Crippen molar-refractivity contribution in [1.82, 2.24) is 15.0 Å². The predicted molar refractivity (Wildman–Crippen MR) is 116 cm³/mol. The molecule has 0 spiro atoms. The molecule has 160 valence electrons. The van der Waals surface area contributed by atoms with E-state index >= 15 is 0 Å². The van der Waals surface area contributed by atoms with Crippen molar-refractivity contribution in [3.05, 3.63) is 71.6 Å². The minimum absolute atomic E-state index is 0.106. The number of hydrogen-bond donors (Lipinski definition) is 2. The number of fused-ring (bicyclic) bond motifs is 1. The SMILES string of the molecule is COc1cccc2c(C(=O)O)nc(-c3cccc(C#CC(C)(O)c4ncc(C)o4)c3)nc12. The molecule has 8 nitrogen and oxygen atoms in total. The summed E-state index contributed by atoms with van der Waals surface area (Å²) < 4.78 is 10.7. The van der Waals surface area contributed by atoms with Crippen LogP contribution in [-0.4, -0.2) is 38.2 Å². The van der Waals surface area contributed by atoms with Gasteiger partial charge in [-0.2, -0.15) is 0 Å². The maximum Gasteiger partial charge on any atom is 0.355 e. The fourth-order valence-corrected chi connectivity index (χ4v) is 3.15. The van der Waals surface area contributed by atoms with Gasteiger partial charge in [0.1, 0.15) is 17.0 Å². The number of oxazole rings is 1. The van der Waals surface area contributed by atoms with Gasteiger partial charge in [0.2, 0.25) is 5.89 Å². The second kappa shape index (κ2) is 8.13. The number of nitrogens with zero attached hydrogens (tertiary/aromatic N) is 3. The molecular weight excluding hydrogens is 410 g/mol. The molecule has 0 aliphatic rings. The predicted octanol–water partition coefficient (Wildman–Crippen LogP) is 3.56. The molecule has 2 heterocycles. The quantitative estimate of drug-likeness (QED) is 0.473. The minimum Gasteiger partial charge on any atom is -0.494 e. The van der Waals surface area contributed by atoms with Gasteiger partial charge >= 0.3 is 5.97 Å². The number of para-hydroxylation sites is 1. The molecule has 1 atom stereocenters. The number of aromatic carboxylic acids is 1. The first-order chi connectivity index (χ1) is 15.3. The number of hydrogen-bond acceptors (Lipinski definition) is 7. The number of rotatable bonds is 4. The highest BCUT2D eigenvalue weighted by Gasteiger charge is 2.26. The number of carbonyl (C=O) groups is 1. The first-order valence-electron chi connectivity index (χ1n) is 9.65. The fraction of sp³-hybridized carbons (Fsp3) is 0.167. The van der Waals surface area contributed by atoms with Gasteiger partial charge in [-0.3, -0.25) is 0 Å². The summed E-state index contributed by atoms with van der Waals surface area (Å²) in [5.74, 6) is 5.84. The summed E-state index contributed by atoms with van der Waals surface area (Å²) >= 11 is 0. The van der Waals surface area contributed by atoms with Crippen molar-refractivity contribution in [2.75, 3.05) is 7.11 Å². The summed E-state index contributed by atoms with van der Waals surface area (Å²) in [5, 5.41) is 20.6. The number of aromatic nitrogens is 3. The zero-order chi connectivity index (χ0) is 22.9. The summed E-state index contributed by atoms with van der Waals surface area (Å²) in [6.45, 7) is 3.22. The van der Waals surface area contributed by atoms with Gasteiger partial charge < -0.3 is 19.4 Å². The van der Waals surface area contributed by atoms with Crippen molar-refractivity contribution >= 4 is 16.9 Å². The van der Waals surface area contributed by atoms with Crippen LogP contribution in [0.2, 0.25) is 0 Å². The second-order valence-electron chi connectivity index (χ2n) is 7.24. The summed E-state index contributed by atoms with van der Waals surface area (Å²) in [7, 11) is 1.49. The average molecular weight is 429 g/mol. The fourth-order valence-electron chi connectivity index (χ4n) is 3.15. The molecule has 0 radical (unpaired) electrons. The Balaban J connectivity index is 1.78. The average Bonchev–Trinajstić information content (AvgIpc) is 3.24. The molecule has 2 N–H and O–H groups in total.